The molecule has 0 aliphatic heterocycles. The van der Waals surface area contributed by atoms with Crippen LogP contribution in [0.2, 0.25) is 5.02 Å². The number of hydrogen-bond acceptors (Lipinski definition) is 3. The van der Waals surface area contributed by atoms with Crippen molar-refractivity contribution < 1.29 is 4.74 Å². The Morgan fingerprint density at radius 3 is 2.60 bits per heavy atom. The molecule has 0 saturated carbocycles. The average molecular weight is 229 g/mol. The van der Waals surface area contributed by atoms with Gasteiger partial charge in [0.2, 0.25) is 0 Å². The van der Waals surface area contributed by atoms with Crippen molar-refractivity contribution in [3.63, 3.8) is 0 Å². The van der Waals surface area contributed by atoms with E-state index in [-0.39, 0.29) is 12.0 Å². The van der Waals surface area contributed by atoms with E-state index in [0.717, 1.165) is 11.3 Å². The Morgan fingerprint density at radius 1 is 1.47 bits per heavy atom. The second-order valence-electron chi connectivity index (χ2n) is 3.63. The molecule has 0 aliphatic rings. The highest BCUT2D eigenvalue weighted by atomic mass is 35.5. The van der Waals surface area contributed by atoms with Crippen LogP contribution in [0.4, 0.5) is 0 Å². The lowest BCUT2D eigenvalue weighted by Crippen LogP contribution is -2.25. The molecule has 0 aliphatic carbocycles. The first-order valence-corrected chi connectivity index (χ1v) is 5.27. The Kier molecular flexibility index (Phi) is 4.39. The molecule has 0 radical (unpaired) electrons. The number of methoxy groups -OCH3 is 1. The van der Waals surface area contributed by atoms with Crippen LogP contribution in [-0.4, -0.2) is 13.7 Å². The van der Waals surface area contributed by atoms with Crippen LogP contribution in [-0.2, 0) is 0 Å². The molecule has 0 bridgehead atoms. The van der Waals surface area contributed by atoms with Crippen LogP contribution < -0.4 is 16.2 Å². The van der Waals surface area contributed by atoms with Gasteiger partial charge in [-0.2, -0.15) is 0 Å². The van der Waals surface area contributed by atoms with Crippen molar-refractivity contribution in [3.8, 4) is 5.75 Å². The number of nitrogens with two attached hydrogens (primary N) is 2. The van der Waals surface area contributed by atoms with Crippen molar-refractivity contribution in [2.45, 2.75) is 13.0 Å². The van der Waals surface area contributed by atoms with Crippen LogP contribution in [0.1, 0.15) is 18.5 Å². The van der Waals surface area contributed by atoms with Gasteiger partial charge in [0.1, 0.15) is 5.75 Å². The Balaban J connectivity index is 2.95. The zero-order chi connectivity index (χ0) is 11.4. The molecule has 0 aromatic heterocycles. The molecular formula is C11H17ClN2O. The highest BCUT2D eigenvalue weighted by Crippen LogP contribution is 2.29. The maximum absolute atomic E-state index is 6.10. The lowest BCUT2D eigenvalue weighted by atomic mass is 9.95. The first-order chi connectivity index (χ1) is 7.10. The van der Waals surface area contributed by atoms with Gasteiger partial charge in [-0.3, -0.25) is 0 Å². The van der Waals surface area contributed by atoms with Crippen molar-refractivity contribution in [3.05, 3.63) is 28.8 Å². The van der Waals surface area contributed by atoms with E-state index in [9.17, 15) is 0 Å². The van der Waals surface area contributed by atoms with E-state index < -0.39 is 0 Å². The molecule has 2 atom stereocenters. The van der Waals surface area contributed by atoms with Crippen molar-refractivity contribution in [2.24, 2.45) is 17.4 Å². The van der Waals surface area contributed by atoms with E-state index in [4.69, 9.17) is 27.8 Å². The molecular weight excluding hydrogens is 212 g/mol. The summed E-state index contributed by atoms with van der Waals surface area (Å²) in [6.45, 7) is 2.55. The molecule has 0 saturated heterocycles. The average Bonchev–Trinajstić information content (AvgIpc) is 2.26. The summed E-state index contributed by atoms with van der Waals surface area (Å²) in [5, 5.41) is 0.627. The van der Waals surface area contributed by atoms with Crippen molar-refractivity contribution in [1.29, 1.82) is 0 Å². The summed E-state index contributed by atoms with van der Waals surface area (Å²) in [5.74, 6) is 0.937. The molecule has 1 aromatic carbocycles. The largest absolute Gasteiger partial charge is 0.497 e. The van der Waals surface area contributed by atoms with E-state index in [0.29, 0.717) is 11.6 Å². The van der Waals surface area contributed by atoms with Gasteiger partial charge in [-0.25, -0.2) is 0 Å². The predicted octanol–water partition coefficient (Wildman–Crippen LogP) is 1.94. The lowest BCUT2D eigenvalue weighted by Gasteiger charge is -2.20. The highest BCUT2D eigenvalue weighted by molar-refractivity contribution is 6.31. The first-order valence-electron chi connectivity index (χ1n) is 4.89. The quantitative estimate of drug-likeness (QED) is 0.828. The number of hydrogen-bond donors (Lipinski definition) is 2. The van der Waals surface area contributed by atoms with Crippen molar-refractivity contribution in [2.75, 3.05) is 13.7 Å². The summed E-state index contributed by atoms with van der Waals surface area (Å²) >= 11 is 6.10. The third-order valence-electron chi connectivity index (χ3n) is 2.55. The summed E-state index contributed by atoms with van der Waals surface area (Å²) in [4.78, 5) is 0. The molecule has 1 aromatic rings. The van der Waals surface area contributed by atoms with Gasteiger partial charge in [-0.1, -0.05) is 24.6 Å². The topological polar surface area (TPSA) is 61.3 Å². The van der Waals surface area contributed by atoms with Gasteiger partial charge in [-0.05, 0) is 30.2 Å². The maximum atomic E-state index is 6.10. The molecule has 0 heterocycles. The van der Waals surface area contributed by atoms with E-state index in [1.54, 1.807) is 13.2 Å². The normalized spacial score (nSPS) is 14.7. The molecule has 4 N–H and O–H groups in total. The van der Waals surface area contributed by atoms with Crippen molar-refractivity contribution in [1.82, 2.24) is 0 Å². The summed E-state index contributed by atoms with van der Waals surface area (Å²) in [6, 6.07) is 5.37. The van der Waals surface area contributed by atoms with Gasteiger partial charge >= 0.3 is 0 Å². The fraction of sp³-hybridized carbons (Fsp3) is 0.455. The fourth-order valence-corrected chi connectivity index (χ4v) is 1.65. The summed E-state index contributed by atoms with van der Waals surface area (Å²) < 4.78 is 5.07. The van der Waals surface area contributed by atoms with E-state index >= 15 is 0 Å². The molecule has 0 fully saturated rings. The molecule has 0 spiro atoms. The second-order valence-corrected chi connectivity index (χ2v) is 4.03. The molecule has 0 amide bonds. The third-order valence-corrected chi connectivity index (χ3v) is 2.88. The summed E-state index contributed by atoms with van der Waals surface area (Å²) in [6.07, 6.45) is 0. The first kappa shape index (κ1) is 12.3. The Labute approximate surface area is 95.4 Å². The Morgan fingerprint density at radius 2 is 2.13 bits per heavy atom. The van der Waals surface area contributed by atoms with E-state index in [1.165, 1.54) is 0 Å². The minimum atomic E-state index is -0.131. The molecule has 15 heavy (non-hydrogen) atoms. The zero-order valence-corrected chi connectivity index (χ0v) is 9.79. The Hall–Kier alpha value is -0.770. The van der Waals surface area contributed by atoms with Crippen LogP contribution in [0.5, 0.6) is 5.75 Å². The summed E-state index contributed by atoms with van der Waals surface area (Å²) in [5.41, 5.74) is 12.5. The van der Waals surface area contributed by atoms with E-state index in [2.05, 4.69) is 0 Å². The van der Waals surface area contributed by atoms with E-state index in [1.807, 2.05) is 19.1 Å². The second kappa shape index (κ2) is 5.35. The number of benzene rings is 1. The van der Waals surface area contributed by atoms with Gasteiger partial charge in [0.05, 0.1) is 7.11 Å². The van der Waals surface area contributed by atoms with Gasteiger partial charge in [0.25, 0.3) is 0 Å². The van der Waals surface area contributed by atoms with Crippen LogP contribution in [0.3, 0.4) is 0 Å². The third kappa shape index (κ3) is 2.84. The van der Waals surface area contributed by atoms with Gasteiger partial charge in [-0.15, -0.1) is 0 Å². The molecule has 84 valence electrons. The monoisotopic (exact) mass is 228 g/mol. The number of rotatable bonds is 4. The van der Waals surface area contributed by atoms with Crippen LogP contribution in [0.25, 0.3) is 0 Å². The van der Waals surface area contributed by atoms with Crippen LogP contribution >= 0.6 is 11.6 Å². The number of halogens is 1. The van der Waals surface area contributed by atoms with Gasteiger partial charge in [0, 0.05) is 11.1 Å². The fourth-order valence-electron chi connectivity index (χ4n) is 1.36. The minimum absolute atomic E-state index is 0.131. The SMILES string of the molecule is COc1ccc(C(N)C(C)CN)c(Cl)c1. The zero-order valence-electron chi connectivity index (χ0n) is 9.03. The summed E-state index contributed by atoms with van der Waals surface area (Å²) in [7, 11) is 1.60. The lowest BCUT2D eigenvalue weighted by molar-refractivity contribution is 0.414. The predicted molar refractivity (Wildman–Crippen MR) is 63.2 cm³/mol. The van der Waals surface area contributed by atoms with Gasteiger partial charge in [0.15, 0.2) is 0 Å². The Bertz CT molecular complexity index is 330. The smallest absolute Gasteiger partial charge is 0.120 e. The number of ether oxygens (including phenoxy) is 1. The maximum Gasteiger partial charge on any atom is 0.120 e. The standard InChI is InChI=1S/C11H17ClN2O/c1-7(6-13)11(14)9-4-3-8(15-2)5-10(9)12/h3-5,7,11H,6,13-14H2,1-2H3. The molecule has 1 rings (SSSR count). The minimum Gasteiger partial charge on any atom is -0.497 e. The van der Waals surface area contributed by atoms with Crippen LogP contribution in [0, 0.1) is 5.92 Å². The highest BCUT2D eigenvalue weighted by Gasteiger charge is 2.16. The van der Waals surface area contributed by atoms with Crippen LogP contribution in [0.15, 0.2) is 18.2 Å². The molecule has 3 nitrogen and oxygen atoms in total. The molecule has 2 unspecified atom stereocenters. The van der Waals surface area contributed by atoms with Gasteiger partial charge < -0.3 is 16.2 Å². The molecule has 4 heteroatoms. The van der Waals surface area contributed by atoms with Crippen molar-refractivity contribution >= 4 is 11.6 Å².